The van der Waals surface area contributed by atoms with Gasteiger partial charge in [0, 0.05) is 45.6 Å². The maximum atomic E-state index is 12.4. The summed E-state index contributed by atoms with van der Waals surface area (Å²) in [5, 5.41) is 0. The van der Waals surface area contributed by atoms with Gasteiger partial charge in [-0.3, -0.25) is 9.59 Å². The number of amides is 2. The standard InChI is InChI=1S/C20H31N3O2/c1-17-7-4-5-8-18(17)9-6-10-19(24)22-13-15-23(16-14-22)20(25)11-12-21(2)3/h4-5,7-8H,6,9-16H2,1-3H3. The third-order valence-electron chi connectivity index (χ3n) is 4.86. The number of nitrogens with zero attached hydrogens (tertiary/aromatic N) is 3. The van der Waals surface area contributed by atoms with Gasteiger partial charge in [0.2, 0.25) is 11.8 Å². The van der Waals surface area contributed by atoms with Crippen LogP contribution >= 0.6 is 0 Å². The lowest BCUT2D eigenvalue weighted by Gasteiger charge is -2.35. The second-order valence-electron chi connectivity index (χ2n) is 7.09. The highest BCUT2D eigenvalue weighted by atomic mass is 16.2. The van der Waals surface area contributed by atoms with Gasteiger partial charge in [-0.25, -0.2) is 0 Å². The van der Waals surface area contributed by atoms with E-state index < -0.39 is 0 Å². The number of benzene rings is 1. The van der Waals surface area contributed by atoms with Crippen LogP contribution in [0.3, 0.4) is 0 Å². The Morgan fingerprint density at radius 3 is 2.08 bits per heavy atom. The molecule has 25 heavy (non-hydrogen) atoms. The first-order chi connectivity index (χ1) is 12.0. The molecule has 0 aliphatic carbocycles. The van der Waals surface area contributed by atoms with Gasteiger partial charge in [-0.1, -0.05) is 24.3 Å². The summed E-state index contributed by atoms with van der Waals surface area (Å²) in [5.74, 6) is 0.411. The normalized spacial score (nSPS) is 14.9. The van der Waals surface area contributed by atoms with E-state index in [1.807, 2.05) is 34.9 Å². The van der Waals surface area contributed by atoms with E-state index in [1.165, 1.54) is 11.1 Å². The minimum absolute atomic E-state index is 0.195. The summed E-state index contributed by atoms with van der Waals surface area (Å²) < 4.78 is 0. The van der Waals surface area contributed by atoms with E-state index in [0.717, 1.165) is 19.4 Å². The molecule has 0 unspecified atom stereocenters. The van der Waals surface area contributed by atoms with Crippen LogP contribution in [0.15, 0.2) is 24.3 Å². The first-order valence-corrected chi connectivity index (χ1v) is 9.22. The summed E-state index contributed by atoms with van der Waals surface area (Å²) in [4.78, 5) is 30.3. The second kappa shape index (κ2) is 9.56. The topological polar surface area (TPSA) is 43.9 Å². The molecule has 1 aromatic carbocycles. The molecule has 2 rings (SSSR count). The van der Waals surface area contributed by atoms with Crippen molar-refractivity contribution in [3.8, 4) is 0 Å². The first-order valence-electron chi connectivity index (χ1n) is 9.22. The number of carbonyl (C=O) groups is 2. The number of hydrogen-bond acceptors (Lipinski definition) is 3. The van der Waals surface area contributed by atoms with Gasteiger partial charge in [0.15, 0.2) is 0 Å². The van der Waals surface area contributed by atoms with Crippen molar-refractivity contribution < 1.29 is 9.59 Å². The predicted molar refractivity (Wildman–Crippen MR) is 100 cm³/mol. The van der Waals surface area contributed by atoms with Crippen molar-refractivity contribution in [3.05, 3.63) is 35.4 Å². The van der Waals surface area contributed by atoms with Crippen LogP contribution in [0.1, 0.15) is 30.4 Å². The first kappa shape index (κ1) is 19.4. The molecular weight excluding hydrogens is 314 g/mol. The van der Waals surface area contributed by atoms with Gasteiger partial charge in [0.1, 0.15) is 0 Å². The van der Waals surface area contributed by atoms with Crippen LogP contribution < -0.4 is 0 Å². The van der Waals surface area contributed by atoms with Gasteiger partial charge in [0.05, 0.1) is 0 Å². The lowest BCUT2D eigenvalue weighted by Crippen LogP contribution is -2.50. The van der Waals surface area contributed by atoms with Crippen LogP contribution in [0.25, 0.3) is 0 Å². The van der Waals surface area contributed by atoms with Crippen molar-refractivity contribution in [2.24, 2.45) is 0 Å². The molecular formula is C20H31N3O2. The Morgan fingerprint density at radius 2 is 1.52 bits per heavy atom. The molecule has 0 aromatic heterocycles. The molecule has 0 radical (unpaired) electrons. The number of piperazine rings is 1. The molecule has 138 valence electrons. The van der Waals surface area contributed by atoms with Crippen molar-refractivity contribution in [2.45, 2.75) is 32.6 Å². The van der Waals surface area contributed by atoms with E-state index in [1.54, 1.807) is 0 Å². The molecule has 1 aliphatic heterocycles. The zero-order chi connectivity index (χ0) is 18.2. The third kappa shape index (κ3) is 6.16. The van der Waals surface area contributed by atoms with E-state index in [-0.39, 0.29) is 11.8 Å². The lowest BCUT2D eigenvalue weighted by molar-refractivity contribution is -0.139. The van der Waals surface area contributed by atoms with Gasteiger partial charge in [0.25, 0.3) is 0 Å². The maximum Gasteiger partial charge on any atom is 0.223 e. The van der Waals surface area contributed by atoms with Crippen molar-refractivity contribution in [1.82, 2.24) is 14.7 Å². The lowest BCUT2D eigenvalue weighted by atomic mass is 10.0. The summed E-state index contributed by atoms with van der Waals surface area (Å²) in [7, 11) is 3.95. The Morgan fingerprint density at radius 1 is 0.960 bits per heavy atom. The summed E-state index contributed by atoms with van der Waals surface area (Å²) in [5.41, 5.74) is 2.62. The third-order valence-corrected chi connectivity index (χ3v) is 4.86. The smallest absolute Gasteiger partial charge is 0.223 e. The molecule has 0 atom stereocenters. The Balaban J connectivity index is 1.69. The maximum absolute atomic E-state index is 12.4. The zero-order valence-electron chi connectivity index (χ0n) is 15.8. The SMILES string of the molecule is Cc1ccccc1CCCC(=O)N1CCN(C(=O)CCN(C)C)CC1. The monoisotopic (exact) mass is 345 g/mol. The summed E-state index contributed by atoms with van der Waals surface area (Å²) in [6, 6.07) is 8.35. The van der Waals surface area contributed by atoms with E-state index in [4.69, 9.17) is 0 Å². The molecule has 1 heterocycles. The Kier molecular flexibility index (Phi) is 7.44. The van der Waals surface area contributed by atoms with E-state index in [2.05, 4.69) is 25.1 Å². The van der Waals surface area contributed by atoms with Crippen molar-refractivity contribution >= 4 is 11.8 Å². The van der Waals surface area contributed by atoms with Crippen LogP contribution in [0.2, 0.25) is 0 Å². The predicted octanol–water partition coefficient (Wildman–Crippen LogP) is 1.94. The van der Waals surface area contributed by atoms with Gasteiger partial charge in [-0.2, -0.15) is 0 Å². The summed E-state index contributed by atoms with van der Waals surface area (Å²) >= 11 is 0. The molecule has 2 amide bonds. The fourth-order valence-electron chi connectivity index (χ4n) is 3.16. The average Bonchev–Trinajstić information content (AvgIpc) is 2.61. The molecule has 0 bridgehead atoms. The highest BCUT2D eigenvalue weighted by Gasteiger charge is 2.23. The molecule has 5 nitrogen and oxygen atoms in total. The minimum atomic E-state index is 0.195. The van der Waals surface area contributed by atoms with Crippen LogP contribution in [-0.4, -0.2) is 73.3 Å². The van der Waals surface area contributed by atoms with Gasteiger partial charge in [-0.15, -0.1) is 0 Å². The van der Waals surface area contributed by atoms with Crippen LogP contribution in [0.4, 0.5) is 0 Å². The molecule has 0 saturated carbocycles. The number of hydrogen-bond donors (Lipinski definition) is 0. The van der Waals surface area contributed by atoms with Crippen LogP contribution in [0.5, 0.6) is 0 Å². The number of carbonyl (C=O) groups excluding carboxylic acids is 2. The molecule has 0 N–H and O–H groups in total. The fraction of sp³-hybridized carbons (Fsp3) is 0.600. The Hall–Kier alpha value is -1.88. The Labute approximate surface area is 151 Å². The molecule has 1 fully saturated rings. The van der Waals surface area contributed by atoms with Crippen molar-refractivity contribution in [2.75, 3.05) is 46.8 Å². The fourth-order valence-corrected chi connectivity index (χ4v) is 3.16. The van der Waals surface area contributed by atoms with Gasteiger partial charge >= 0.3 is 0 Å². The second-order valence-corrected chi connectivity index (χ2v) is 7.09. The van der Waals surface area contributed by atoms with Crippen LogP contribution in [-0.2, 0) is 16.0 Å². The summed E-state index contributed by atoms with van der Waals surface area (Å²) in [6.07, 6.45) is 2.97. The van der Waals surface area contributed by atoms with Gasteiger partial charge < -0.3 is 14.7 Å². The number of rotatable bonds is 7. The van der Waals surface area contributed by atoms with E-state index >= 15 is 0 Å². The highest BCUT2D eigenvalue weighted by Crippen LogP contribution is 2.12. The quantitative estimate of drug-likeness (QED) is 0.759. The Bertz CT molecular complexity index is 578. The average molecular weight is 345 g/mol. The van der Waals surface area contributed by atoms with E-state index in [0.29, 0.717) is 39.0 Å². The summed E-state index contributed by atoms with van der Waals surface area (Å²) in [6.45, 7) is 5.54. The van der Waals surface area contributed by atoms with Crippen molar-refractivity contribution in [3.63, 3.8) is 0 Å². The van der Waals surface area contributed by atoms with Gasteiger partial charge in [-0.05, 0) is 45.0 Å². The highest BCUT2D eigenvalue weighted by molar-refractivity contribution is 5.78. The molecule has 1 aliphatic rings. The largest absolute Gasteiger partial charge is 0.339 e. The molecule has 0 spiro atoms. The zero-order valence-corrected chi connectivity index (χ0v) is 15.8. The number of aryl methyl sites for hydroxylation is 2. The van der Waals surface area contributed by atoms with Crippen LogP contribution in [0, 0.1) is 6.92 Å². The molecule has 1 saturated heterocycles. The molecule has 1 aromatic rings. The van der Waals surface area contributed by atoms with Crippen molar-refractivity contribution in [1.29, 1.82) is 0 Å². The minimum Gasteiger partial charge on any atom is -0.339 e. The van der Waals surface area contributed by atoms with E-state index in [9.17, 15) is 9.59 Å². The molecule has 5 heteroatoms.